The van der Waals surface area contributed by atoms with Gasteiger partial charge in [0.05, 0.1) is 10.9 Å². The molecule has 0 aliphatic carbocycles. The van der Waals surface area contributed by atoms with Gasteiger partial charge in [0.25, 0.3) is 11.5 Å². The fraction of sp³-hybridized carbons (Fsp3) is 0.391. The van der Waals surface area contributed by atoms with E-state index < -0.39 is 11.7 Å². The number of carbonyl (C=O) groups excluding carboxylic acids is 2. The Kier molecular flexibility index (Phi) is 6.48. The number of aromatic nitrogens is 2. The molecule has 1 aliphatic heterocycles. The maximum absolute atomic E-state index is 12.7. The van der Waals surface area contributed by atoms with Crippen molar-refractivity contribution in [2.45, 2.75) is 32.9 Å². The largest absolute Gasteiger partial charge is 0.416 e. The molecule has 34 heavy (non-hydrogen) atoms. The molecule has 0 bridgehead atoms. The van der Waals surface area contributed by atoms with Gasteiger partial charge in [-0.3, -0.25) is 14.4 Å². The van der Waals surface area contributed by atoms with E-state index in [9.17, 15) is 27.6 Å². The van der Waals surface area contributed by atoms with E-state index in [1.807, 2.05) is 13.8 Å². The number of hydrogen-bond donors (Lipinski definition) is 1. The molecular formula is C23H23F3N4O3S. The molecule has 7 nitrogen and oxygen atoms in total. The van der Waals surface area contributed by atoms with Gasteiger partial charge in [0, 0.05) is 49.5 Å². The number of aryl methyl sites for hydroxylation is 3. The molecule has 3 aromatic rings. The van der Waals surface area contributed by atoms with Gasteiger partial charge in [0.15, 0.2) is 0 Å². The Morgan fingerprint density at radius 3 is 2.29 bits per heavy atom. The summed E-state index contributed by atoms with van der Waals surface area (Å²) in [5.41, 5.74) is 0.0841. The van der Waals surface area contributed by atoms with Crippen LogP contribution in [-0.2, 0) is 17.4 Å². The number of H-pyrrole nitrogens is 1. The van der Waals surface area contributed by atoms with Crippen molar-refractivity contribution >= 4 is 33.4 Å². The molecule has 180 valence electrons. The summed E-state index contributed by atoms with van der Waals surface area (Å²) in [7, 11) is 0. The Morgan fingerprint density at radius 2 is 1.68 bits per heavy atom. The first kappa shape index (κ1) is 23.9. The van der Waals surface area contributed by atoms with Crippen LogP contribution in [0.5, 0.6) is 0 Å². The normalized spacial score (nSPS) is 14.6. The molecule has 2 aromatic heterocycles. The molecule has 1 fully saturated rings. The first-order valence-corrected chi connectivity index (χ1v) is 11.6. The van der Waals surface area contributed by atoms with Crippen LogP contribution in [-0.4, -0.2) is 57.8 Å². The van der Waals surface area contributed by atoms with Crippen molar-refractivity contribution < 1.29 is 22.8 Å². The number of fused-ring (bicyclic) bond motifs is 1. The summed E-state index contributed by atoms with van der Waals surface area (Å²) < 4.78 is 38.2. The van der Waals surface area contributed by atoms with Gasteiger partial charge in [-0.15, -0.1) is 11.3 Å². The second-order valence-electron chi connectivity index (χ2n) is 8.22. The second-order valence-corrected chi connectivity index (χ2v) is 9.43. The van der Waals surface area contributed by atoms with Crippen LogP contribution in [0.1, 0.15) is 38.6 Å². The minimum atomic E-state index is -4.45. The lowest BCUT2D eigenvalue weighted by Crippen LogP contribution is -2.50. The Hall–Kier alpha value is -3.21. The molecule has 4 rings (SSSR count). The number of rotatable bonds is 4. The summed E-state index contributed by atoms with van der Waals surface area (Å²) in [6.45, 7) is 5.07. The molecule has 1 aromatic carbocycles. The number of thiophene rings is 1. The van der Waals surface area contributed by atoms with E-state index in [0.29, 0.717) is 48.6 Å². The van der Waals surface area contributed by atoms with E-state index in [0.717, 1.165) is 22.6 Å². The van der Waals surface area contributed by atoms with Gasteiger partial charge in [-0.2, -0.15) is 13.2 Å². The quantitative estimate of drug-likeness (QED) is 0.604. The summed E-state index contributed by atoms with van der Waals surface area (Å²) >= 11 is 1.45. The molecule has 0 unspecified atom stereocenters. The van der Waals surface area contributed by atoms with Crippen LogP contribution < -0.4 is 5.56 Å². The number of alkyl halides is 3. The molecule has 0 spiro atoms. The third-order valence-electron chi connectivity index (χ3n) is 6.04. The summed E-state index contributed by atoms with van der Waals surface area (Å²) in [6.07, 6.45) is -3.99. The highest BCUT2D eigenvalue weighted by molar-refractivity contribution is 7.18. The minimum Gasteiger partial charge on any atom is -0.339 e. The SMILES string of the molecule is Cc1sc2nc(CCC(=O)N3CCN(C(=O)c4ccc(C(F)(F)F)cc4)CC3)[nH]c(=O)c2c1C. The fourth-order valence-electron chi connectivity index (χ4n) is 3.94. The lowest BCUT2D eigenvalue weighted by molar-refractivity contribution is -0.137. The number of halogens is 3. The van der Waals surface area contributed by atoms with Crippen LogP contribution in [0.2, 0.25) is 0 Å². The van der Waals surface area contributed by atoms with Gasteiger partial charge in [-0.05, 0) is 43.7 Å². The first-order chi connectivity index (χ1) is 16.0. The van der Waals surface area contributed by atoms with Crippen LogP contribution in [0.15, 0.2) is 29.1 Å². The van der Waals surface area contributed by atoms with Crippen LogP contribution in [0.25, 0.3) is 10.2 Å². The molecule has 1 saturated heterocycles. The van der Waals surface area contributed by atoms with Gasteiger partial charge < -0.3 is 14.8 Å². The third-order valence-corrected chi connectivity index (χ3v) is 7.14. The van der Waals surface area contributed by atoms with Gasteiger partial charge in [0.2, 0.25) is 5.91 Å². The Bertz CT molecular complexity index is 1290. The molecule has 0 radical (unpaired) electrons. The van der Waals surface area contributed by atoms with E-state index in [2.05, 4.69) is 9.97 Å². The van der Waals surface area contributed by atoms with E-state index in [4.69, 9.17) is 0 Å². The van der Waals surface area contributed by atoms with Crippen LogP contribution >= 0.6 is 11.3 Å². The number of nitrogens with zero attached hydrogens (tertiary/aromatic N) is 3. The van der Waals surface area contributed by atoms with Gasteiger partial charge >= 0.3 is 6.18 Å². The summed E-state index contributed by atoms with van der Waals surface area (Å²) in [4.78, 5) is 49.8. The number of hydrogen-bond acceptors (Lipinski definition) is 5. The predicted octanol–water partition coefficient (Wildman–Crippen LogP) is 3.54. The number of benzene rings is 1. The highest BCUT2D eigenvalue weighted by Crippen LogP contribution is 2.29. The van der Waals surface area contributed by atoms with E-state index in [-0.39, 0.29) is 29.4 Å². The van der Waals surface area contributed by atoms with Gasteiger partial charge in [0.1, 0.15) is 10.7 Å². The predicted molar refractivity (Wildman–Crippen MR) is 122 cm³/mol. The average molecular weight is 493 g/mol. The monoisotopic (exact) mass is 492 g/mol. The van der Waals surface area contributed by atoms with E-state index in [1.54, 1.807) is 4.90 Å². The Balaban J connectivity index is 1.32. The zero-order chi connectivity index (χ0) is 24.6. The standard InChI is InChI=1S/C23H23F3N4O3S/c1-13-14(2)34-21-19(13)20(32)27-17(28-21)7-8-18(31)29-9-11-30(12-10-29)22(33)15-3-5-16(6-4-15)23(24,25)26/h3-6H,7-12H2,1-2H3,(H,27,28,32). The molecule has 3 heterocycles. The van der Waals surface area contributed by atoms with Crippen molar-refractivity contribution in [3.63, 3.8) is 0 Å². The van der Waals surface area contributed by atoms with Crippen molar-refractivity contribution in [1.82, 2.24) is 19.8 Å². The van der Waals surface area contributed by atoms with Crippen LogP contribution in [0.3, 0.4) is 0 Å². The number of nitrogens with one attached hydrogen (secondary N) is 1. The highest BCUT2D eigenvalue weighted by atomic mass is 32.1. The number of amides is 2. The molecule has 11 heteroatoms. The molecular weight excluding hydrogens is 469 g/mol. The maximum atomic E-state index is 12.7. The van der Waals surface area contributed by atoms with Crippen molar-refractivity contribution in [2.75, 3.05) is 26.2 Å². The Labute approximate surface area is 197 Å². The van der Waals surface area contributed by atoms with Crippen LogP contribution in [0.4, 0.5) is 13.2 Å². The lowest BCUT2D eigenvalue weighted by atomic mass is 10.1. The topological polar surface area (TPSA) is 86.4 Å². The molecule has 1 N–H and O–H groups in total. The lowest BCUT2D eigenvalue weighted by Gasteiger charge is -2.35. The van der Waals surface area contributed by atoms with E-state index >= 15 is 0 Å². The Morgan fingerprint density at radius 1 is 1.06 bits per heavy atom. The van der Waals surface area contributed by atoms with E-state index in [1.165, 1.54) is 28.4 Å². The second kappa shape index (κ2) is 9.21. The molecule has 1 aliphatic rings. The maximum Gasteiger partial charge on any atom is 0.416 e. The van der Waals surface area contributed by atoms with Crippen molar-refractivity contribution in [1.29, 1.82) is 0 Å². The van der Waals surface area contributed by atoms with Crippen molar-refractivity contribution in [3.05, 3.63) is 62.0 Å². The summed E-state index contributed by atoms with van der Waals surface area (Å²) in [5.74, 6) is -0.0106. The fourth-order valence-corrected chi connectivity index (χ4v) is 4.99. The number of carbonyl (C=O) groups is 2. The smallest absolute Gasteiger partial charge is 0.339 e. The van der Waals surface area contributed by atoms with Crippen molar-refractivity contribution in [2.24, 2.45) is 0 Å². The zero-order valence-corrected chi connectivity index (χ0v) is 19.5. The molecule has 0 saturated carbocycles. The first-order valence-electron chi connectivity index (χ1n) is 10.8. The molecule has 0 atom stereocenters. The number of aromatic amines is 1. The number of piperazine rings is 1. The average Bonchev–Trinajstić information content (AvgIpc) is 3.10. The minimum absolute atomic E-state index is 0.108. The zero-order valence-electron chi connectivity index (χ0n) is 18.7. The third kappa shape index (κ3) is 4.84. The summed E-state index contributed by atoms with van der Waals surface area (Å²) in [6, 6.07) is 4.12. The van der Waals surface area contributed by atoms with Gasteiger partial charge in [-0.1, -0.05) is 0 Å². The molecule has 2 amide bonds. The highest BCUT2D eigenvalue weighted by Gasteiger charge is 2.31. The summed E-state index contributed by atoms with van der Waals surface area (Å²) in [5, 5.41) is 0.589. The van der Waals surface area contributed by atoms with Crippen LogP contribution in [0, 0.1) is 13.8 Å². The van der Waals surface area contributed by atoms with Gasteiger partial charge in [-0.25, -0.2) is 4.98 Å². The van der Waals surface area contributed by atoms with Crippen molar-refractivity contribution in [3.8, 4) is 0 Å².